The quantitative estimate of drug-likeness (QED) is 0.230. The van der Waals surface area contributed by atoms with Crippen LogP contribution in [0.1, 0.15) is 71.1 Å². The van der Waals surface area contributed by atoms with Crippen LogP contribution in [-0.4, -0.2) is 6.29 Å². The Bertz CT molecular complexity index is 180. The molecule has 0 N–H and O–H groups in total. The molecule has 0 fully saturated rings. The zero-order valence-electron chi connectivity index (χ0n) is 12.0. The van der Waals surface area contributed by atoms with E-state index >= 15 is 0 Å². The van der Waals surface area contributed by atoms with Crippen LogP contribution in [0, 0.1) is 0 Å². The predicted molar refractivity (Wildman–Crippen MR) is 78.2 cm³/mol. The van der Waals surface area contributed by atoms with Crippen LogP contribution < -0.4 is 0 Å². The van der Waals surface area contributed by atoms with Crippen LogP contribution in [0.4, 0.5) is 0 Å². The molecule has 106 valence electrons. The van der Waals surface area contributed by atoms with Gasteiger partial charge >= 0.3 is 0 Å². The minimum absolute atomic E-state index is 0.204. The lowest BCUT2D eigenvalue weighted by Gasteiger charge is -2.15. The van der Waals surface area contributed by atoms with Crippen LogP contribution in [0.2, 0.25) is 0 Å². The van der Waals surface area contributed by atoms with Crippen molar-refractivity contribution in [3.05, 3.63) is 25.7 Å². The Morgan fingerprint density at radius 1 is 0.778 bits per heavy atom. The summed E-state index contributed by atoms with van der Waals surface area (Å²) in [5.74, 6) is 0. The lowest BCUT2D eigenvalue weighted by molar-refractivity contribution is -0.0664. The highest BCUT2D eigenvalue weighted by Gasteiger charge is 2.05. The van der Waals surface area contributed by atoms with E-state index in [1.165, 1.54) is 63.9 Å². The Morgan fingerprint density at radius 2 is 1.22 bits per heavy atom. The van der Waals surface area contributed by atoms with Gasteiger partial charge in [-0.1, -0.05) is 71.4 Å². The maximum absolute atomic E-state index is 5.22. The highest BCUT2D eigenvalue weighted by atomic mass is 16.7. The third-order valence-corrected chi connectivity index (χ3v) is 3.04. The molecule has 0 rings (SSSR count). The molecule has 0 spiro atoms. The van der Waals surface area contributed by atoms with Crippen molar-refractivity contribution in [2.24, 2.45) is 0 Å². The monoisotopic (exact) mass is 254 g/mol. The fraction of sp³-hybridized carbons (Fsp3) is 0.750. The Balaban J connectivity index is 3.26. The van der Waals surface area contributed by atoms with Crippen LogP contribution in [0.3, 0.4) is 0 Å². The number of ether oxygens (including phenoxy) is 2. The van der Waals surface area contributed by atoms with E-state index in [-0.39, 0.29) is 6.29 Å². The van der Waals surface area contributed by atoms with E-state index in [2.05, 4.69) is 20.1 Å². The second-order valence-corrected chi connectivity index (χ2v) is 4.65. The average molecular weight is 254 g/mol. The standard InChI is InChI=1S/C16H30O2/c1-4-7-8-9-10-11-12-13-14-15-16(17-5-2)18-6-3/h5-6,16H,2-4,7-15H2,1H3. The molecule has 2 nitrogen and oxygen atoms in total. The molecule has 18 heavy (non-hydrogen) atoms. The van der Waals surface area contributed by atoms with Gasteiger partial charge in [0.2, 0.25) is 6.29 Å². The first-order valence-corrected chi connectivity index (χ1v) is 7.37. The Labute approximate surface area is 113 Å². The maximum atomic E-state index is 5.22. The van der Waals surface area contributed by atoms with Gasteiger partial charge in [-0.05, 0) is 6.42 Å². The zero-order chi connectivity index (χ0) is 13.5. The Hall–Kier alpha value is -0.920. The predicted octanol–water partition coefficient (Wildman–Crippen LogP) is 5.55. The molecule has 0 aromatic carbocycles. The molecule has 0 bridgehead atoms. The first-order valence-electron chi connectivity index (χ1n) is 7.37. The second-order valence-electron chi connectivity index (χ2n) is 4.65. The molecule has 0 aromatic heterocycles. The van der Waals surface area contributed by atoms with E-state index in [0.29, 0.717) is 0 Å². The summed E-state index contributed by atoms with van der Waals surface area (Å²) in [6.45, 7) is 9.34. The smallest absolute Gasteiger partial charge is 0.239 e. The van der Waals surface area contributed by atoms with E-state index in [9.17, 15) is 0 Å². The first-order chi connectivity index (χ1) is 8.85. The van der Waals surface area contributed by atoms with Crippen LogP contribution in [0.15, 0.2) is 25.7 Å². The minimum Gasteiger partial charge on any atom is -0.463 e. The molecule has 0 aliphatic heterocycles. The van der Waals surface area contributed by atoms with Gasteiger partial charge in [0, 0.05) is 6.42 Å². The van der Waals surface area contributed by atoms with Gasteiger partial charge in [-0.25, -0.2) is 0 Å². The molecule has 0 amide bonds. The number of unbranched alkanes of at least 4 members (excludes halogenated alkanes) is 8. The molecule has 0 saturated carbocycles. The zero-order valence-corrected chi connectivity index (χ0v) is 12.0. The summed E-state index contributed by atoms with van der Waals surface area (Å²) in [5, 5.41) is 0. The molecule has 0 atom stereocenters. The van der Waals surface area contributed by atoms with Gasteiger partial charge in [0.25, 0.3) is 0 Å². The van der Waals surface area contributed by atoms with Crippen molar-refractivity contribution >= 4 is 0 Å². The summed E-state index contributed by atoms with van der Waals surface area (Å²) in [4.78, 5) is 0. The summed E-state index contributed by atoms with van der Waals surface area (Å²) >= 11 is 0. The van der Waals surface area contributed by atoms with Gasteiger partial charge in [0.15, 0.2) is 0 Å². The fourth-order valence-corrected chi connectivity index (χ4v) is 2.00. The SMILES string of the molecule is C=COC(CCCCCCCCCCC)OC=C. The molecule has 0 radical (unpaired) electrons. The summed E-state index contributed by atoms with van der Waals surface area (Å²) in [5.41, 5.74) is 0. The van der Waals surface area contributed by atoms with Gasteiger partial charge in [0.1, 0.15) is 0 Å². The van der Waals surface area contributed by atoms with Crippen LogP contribution in [-0.2, 0) is 9.47 Å². The van der Waals surface area contributed by atoms with E-state index in [1.54, 1.807) is 0 Å². The molecule has 2 heteroatoms. The minimum atomic E-state index is -0.204. The van der Waals surface area contributed by atoms with E-state index < -0.39 is 0 Å². The van der Waals surface area contributed by atoms with Gasteiger partial charge in [-0.3, -0.25) is 0 Å². The molecule has 0 unspecified atom stereocenters. The van der Waals surface area contributed by atoms with Gasteiger partial charge in [-0.2, -0.15) is 0 Å². The summed E-state index contributed by atoms with van der Waals surface area (Å²) in [6, 6.07) is 0. The summed E-state index contributed by atoms with van der Waals surface area (Å²) in [6.07, 6.45) is 15.5. The third-order valence-electron chi connectivity index (χ3n) is 3.04. The number of hydrogen-bond acceptors (Lipinski definition) is 2. The van der Waals surface area contributed by atoms with Crippen molar-refractivity contribution in [3.8, 4) is 0 Å². The molecular weight excluding hydrogens is 224 g/mol. The molecule has 0 aliphatic carbocycles. The van der Waals surface area contributed by atoms with Crippen molar-refractivity contribution in [2.75, 3.05) is 0 Å². The fourth-order valence-electron chi connectivity index (χ4n) is 2.00. The van der Waals surface area contributed by atoms with Crippen molar-refractivity contribution in [3.63, 3.8) is 0 Å². The Kier molecular flexibility index (Phi) is 13.4. The van der Waals surface area contributed by atoms with Crippen LogP contribution in [0.5, 0.6) is 0 Å². The van der Waals surface area contributed by atoms with Gasteiger partial charge in [-0.15, -0.1) is 0 Å². The molecule has 0 saturated heterocycles. The summed E-state index contributed by atoms with van der Waals surface area (Å²) < 4.78 is 10.4. The normalized spacial score (nSPS) is 10.3. The largest absolute Gasteiger partial charge is 0.463 e. The third kappa shape index (κ3) is 11.6. The van der Waals surface area contributed by atoms with Crippen molar-refractivity contribution in [1.29, 1.82) is 0 Å². The molecule has 0 aromatic rings. The number of hydrogen-bond donors (Lipinski definition) is 0. The maximum Gasteiger partial charge on any atom is 0.239 e. The van der Waals surface area contributed by atoms with Gasteiger partial charge < -0.3 is 9.47 Å². The van der Waals surface area contributed by atoms with E-state index in [4.69, 9.17) is 9.47 Å². The van der Waals surface area contributed by atoms with Gasteiger partial charge in [0.05, 0.1) is 12.5 Å². The number of rotatable bonds is 14. The molecule has 0 aliphatic rings. The van der Waals surface area contributed by atoms with Crippen molar-refractivity contribution in [2.45, 2.75) is 77.4 Å². The van der Waals surface area contributed by atoms with Crippen molar-refractivity contribution in [1.82, 2.24) is 0 Å². The summed E-state index contributed by atoms with van der Waals surface area (Å²) in [7, 11) is 0. The highest BCUT2D eigenvalue weighted by molar-refractivity contribution is 4.59. The van der Waals surface area contributed by atoms with Crippen molar-refractivity contribution < 1.29 is 9.47 Å². The topological polar surface area (TPSA) is 18.5 Å². The molecular formula is C16H30O2. The lowest BCUT2D eigenvalue weighted by atomic mass is 10.1. The van der Waals surface area contributed by atoms with E-state index in [1.807, 2.05) is 0 Å². The second kappa shape index (κ2) is 14.1. The highest BCUT2D eigenvalue weighted by Crippen LogP contribution is 2.13. The Morgan fingerprint density at radius 3 is 1.67 bits per heavy atom. The van der Waals surface area contributed by atoms with E-state index in [0.717, 1.165) is 12.8 Å². The van der Waals surface area contributed by atoms with Crippen LogP contribution >= 0.6 is 0 Å². The average Bonchev–Trinajstić information content (AvgIpc) is 2.37. The lowest BCUT2D eigenvalue weighted by Crippen LogP contribution is -2.11. The van der Waals surface area contributed by atoms with Crippen LogP contribution in [0.25, 0.3) is 0 Å². The first kappa shape index (κ1) is 17.1. The molecule has 0 heterocycles.